The van der Waals surface area contributed by atoms with E-state index in [1.54, 1.807) is 10.9 Å². The standard InChI is InChI=1S/C11H20N4/c1-4-14(5-2)9-7-8-11-10-15(6-3)13-12-11/h6,10H,3-5,7-9H2,1-2H3. The van der Waals surface area contributed by atoms with Crippen LogP contribution in [-0.2, 0) is 6.42 Å². The number of nitrogens with zero attached hydrogens (tertiary/aromatic N) is 4. The van der Waals surface area contributed by atoms with E-state index in [4.69, 9.17) is 0 Å². The monoisotopic (exact) mass is 208 g/mol. The minimum absolute atomic E-state index is 0.990. The van der Waals surface area contributed by atoms with Gasteiger partial charge in [-0.1, -0.05) is 25.6 Å². The molecule has 1 aromatic heterocycles. The van der Waals surface area contributed by atoms with Gasteiger partial charge in [0.05, 0.1) is 11.9 Å². The molecule has 1 rings (SSSR count). The Bertz CT molecular complexity index is 289. The fourth-order valence-corrected chi connectivity index (χ4v) is 1.54. The van der Waals surface area contributed by atoms with Crippen LogP contribution in [0.4, 0.5) is 0 Å². The highest BCUT2D eigenvalue weighted by Gasteiger charge is 2.01. The molecule has 0 aliphatic heterocycles. The van der Waals surface area contributed by atoms with Gasteiger partial charge in [0, 0.05) is 6.20 Å². The lowest BCUT2D eigenvalue weighted by Crippen LogP contribution is -2.24. The second-order valence-corrected chi connectivity index (χ2v) is 3.50. The van der Waals surface area contributed by atoms with Gasteiger partial charge in [0.25, 0.3) is 0 Å². The van der Waals surface area contributed by atoms with Crippen molar-refractivity contribution in [3.05, 3.63) is 18.5 Å². The topological polar surface area (TPSA) is 34.0 Å². The molecule has 0 radical (unpaired) electrons. The van der Waals surface area contributed by atoms with Gasteiger partial charge < -0.3 is 4.90 Å². The third-order valence-corrected chi connectivity index (χ3v) is 2.55. The Morgan fingerprint density at radius 1 is 1.47 bits per heavy atom. The molecule has 0 atom stereocenters. The second-order valence-electron chi connectivity index (χ2n) is 3.50. The molecule has 0 aliphatic carbocycles. The fraction of sp³-hybridized carbons (Fsp3) is 0.636. The fourth-order valence-electron chi connectivity index (χ4n) is 1.54. The Balaban J connectivity index is 2.27. The lowest BCUT2D eigenvalue weighted by Gasteiger charge is -2.16. The van der Waals surface area contributed by atoms with Crippen LogP contribution in [-0.4, -0.2) is 39.5 Å². The number of hydrogen-bond donors (Lipinski definition) is 0. The lowest BCUT2D eigenvalue weighted by atomic mass is 10.2. The molecule has 1 heterocycles. The van der Waals surface area contributed by atoms with Crippen molar-refractivity contribution in [3.8, 4) is 0 Å². The summed E-state index contributed by atoms with van der Waals surface area (Å²) in [7, 11) is 0. The number of aromatic nitrogens is 3. The van der Waals surface area contributed by atoms with Crippen LogP contribution in [0, 0.1) is 0 Å². The summed E-state index contributed by atoms with van der Waals surface area (Å²) in [4.78, 5) is 2.41. The van der Waals surface area contributed by atoms with Crippen LogP contribution >= 0.6 is 0 Å². The van der Waals surface area contributed by atoms with E-state index in [1.807, 2.05) is 6.20 Å². The Labute approximate surface area is 91.6 Å². The molecule has 0 fully saturated rings. The van der Waals surface area contributed by atoms with Crippen molar-refractivity contribution in [1.82, 2.24) is 19.9 Å². The second kappa shape index (κ2) is 6.35. The van der Waals surface area contributed by atoms with Gasteiger partial charge in [0.2, 0.25) is 0 Å². The number of aryl methyl sites for hydroxylation is 1. The maximum atomic E-state index is 4.06. The van der Waals surface area contributed by atoms with Gasteiger partial charge in [-0.15, -0.1) is 5.10 Å². The predicted octanol–water partition coefficient (Wildman–Crippen LogP) is 1.65. The summed E-state index contributed by atoms with van der Waals surface area (Å²) < 4.78 is 1.65. The predicted molar refractivity (Wildman–Crippen MR) is 62.5 cm³/mol. The van der Waals surface area contributed by atoms with Gasteiger partial charge in [0.1, 0.15) is 0 Å². The first-order valence-corrected chi connectivity index (χ1v) is 5.55. The molecule has 0 spiro atoms. The summed E-state index contributed by atoms with van der Waals surface area (Å²) in [5.41, 5.74) is 1.04. The van der Waals surface area contributed by atoms with Crippen molar-refractivity contribution in [3.63, 3.8) is 0 Å². The first-order valence-electron chi connectivity index (χ1n) is 5.55. The van der Waals surface area contributed by atoms with Crippen LogP contribution in [0.1, 0.15) is 26.0 Å². The van der Waals surface area contributed by atoms with Gasteiger partial charge in [-0.25, -0.2) is 4.68 Å². The van der Waals surface area contributed by atoms with Gasteiger partial charge >= 0.3 is 0 Å². The van der Waals surface area contributed by atoms with Crippen molar-refractivity contribution < 1.29 is 0 Å². The maximum absolute atomic E-state index is 4.06. The Kier molecular flexibility index (Phi) is 5.04. The Hall–Kier alpha value is -1.16. The molecule has 0 unspecified atom stereocenters. The van der Waals surface area contributed by atoms with E-state index >= 15 is 0 Å². The highest BCUT2D eigenvalue weighted by atomic mass is 15.4. The molecule has 0 saturated heterocycles. The quantitative estimate of drug-likeness (QED) is 0.683. The van der Waals surface area contributed by atoms with E-state index in [9.17, 15) is 0 Å². The Morgan fingerprint density at radius 2 is 2.20 bits per heavy atom. The van der Waals surface area contributed by atoms with Crippen LogP contribution in [0.2, 0.25) is 0 Å². The molecule has 4 nitrogen and oxygen atoms in total. The third kappa shape index (κ3) is 3.83. The zero-order valence-electron chi connectivity index (χ0n) is 9.69. The largest absolute Gasteiger partial charge is 0.304 e. The number of rotatable bonds is 7. The van der Waals surface area contributed by atoms with Crippen LogP contribution < -0.4 is 0 Å². The van der Waals surface area contributed by atoms with Crippen LogP contribution in [0.25, 0.3) is 6.20 Å². The molecule has 0 aliphatic rings. The van der Waals surface area contributed by atoms with Crippen LogP contribution in [0.3, 0.4) is 0 Å². The highest BCUT2D eigenvalue weighted by Crippen LogP contribution is 2.00. The zero-order chi connectivity index (χ0) is 11.1. The van der Waals surface area contributed by atoms with E-state index in [2.05, 4.69) is 35.6 Å². The van der Waals surface area contributed by atoms with Gasteiger partial charge in [0.15, 0.2) is 0 Å². The maximum Gasteiger partial charge on any atom is 0.0832 e. The van der Waals surface area contributed by atoms with Crippen molar-refractivity contribution >= 4 is 6.20 Å². The van der Waals surface area contributed by atoms with E-state index in [1.165, 1.54) is 0 Å². The van der Waals surface area contributed by atoms with Gasteiger partial charge in [-0.2, -0.15) is 0 Å². The first-order chi connectivity index (χ1) is 7.30. The molecule has 0 N–H and O–H groups in total. The van der Waals surface area contributed by atoms with Crippen LogP contribution in [0.15, 0.2) is 12.8 Å². The molecular weight excluding hydrogens is 188 g/mol. The van der Waals surface area contributed by atoms with E-state index in [0.29, 0.717) is 0 Å². The summed E-state index contributed by atoms with van der Waals surface area (Å²) in [6.45, 7) is 11.4. The molecular formula is C11H20N4. The average molecular weight is 208 g/mol. The molecule has 0 saturated carbocycles. The van der Waals surface area contributed by atoms with E-state index in [0.717, 1.165) is 38.2 Å². The summed E-state index contributed by atoms with van der Waals surface area (Å²) in [5.74, 6) is 0. The summed E-state index contributed by atoms with van der Waals surface area (Å²) in [5, 5.41) is 7.97. The first kappa shape index (κ1) is 11.9. The minimum atomic E-state index is 0.990. The zero-order valence-corrected chi connectivity index (χ0v) is 9.69. The van der Waals surface area contributed by atoms with Gasteiger partial charge in [-0.05, 0) is 32.5 Å². The van der Waals surface area contributed by atoms with Crippen molar-refractivity contribution in [1.29, 1.82) is 0 Å². The molecule has 4 heteroatoms. The minimum Gasteiger partial charge on any atom is -0.304 e. The highest BCUT2D eigenvalue weighted by molar-refractivity contribution is 5.13. The van der Waals surface area contributed by atoms with Crippen LogP contribution in [0.5, 0.6) is 0 Å². The average Bonchev–Trinajstić information content (AvgIpc) is 2.72. The smallest absolute Gasteiger partial charge is 0.0832 e. The normalized spacial score (nSPS) is 10.9. The Morgan fingerprint density at radius 3 is 2.73 bits per heavy atom. The van der Waals surface area contributed by atoms with Gasteiger partial charge in [-0.3, -0.25) is 0 Å². The van der Waals surface area contributed by atoms with Crippen molar-refractivity contribution in [2.75, 3.05) is 19.6 Å². The lowest BCUT2D eigenvalue weighted by molar-refractivity contribution is 0.299. The summed E-state index contributed by atoms with van der Waals surface area (Å²) >= 11 is 0. The van der Waals surface area contributed by atoms with E-state index in [-0.39, 0.29) is 0 Å². The molecule has 0 amide bonds. The molecule has 84 valence electrons. The number of hydrogen-bond acceptors (Lipinski definition) is 3. The summed E-state index contributed by atoms with van der Waals surface area (Å²) in [6, 6.07) is 0. The molecule has 0 aromatic carbocycles. The molecule has 1 aromatic rings. The summed E-state index contributed by atoms with van der Waals surface area (Å²) in [6.07, 6.45) is 5.71. The van der Waals surface area contributed by atoms with Crippen molar-refractivity contribution in [2.45, 2.75) is 26.7 Å². The molecule has 0 bridgehead atoms. The SMILES string of the molecule is C=Cn1cc(CCCN(CC)CC)nn1. The van der Waals surface area contributed by atoms with Crippen molar-refractivity contribution in [2.24, 2.45) is 0 Å². The molecule has 15 heavy (non-hydrogen) atoms. The third-order valence-electron chi connectivity index (χ3n) is 2.55. The van der Waals surface area contributed by atoms with E-state index < -0.39 is 0 Å².